The minimum atomic E-state index is -0.410. The van der Waals surface area contributed by atoms with Gasteiger partial charge in [-0.2, -0.15) is 0 Å². The van der Waals surface area contributed by atoms with E-state index in [2.05, 4.69) is 27.8 Å². The second-order valence-electron chi connectivity index (χ2n) is 6.74. The van der Waals surface area contributed by atoms with Gasteiger partial charge in [-0.25, -0.2) is 9.78 Å². The summed E-state index contributed by atoms with van der Waals surface area (Å²) in [6.45, 7) is 1.35. The van der Waals surface area contributed by atoms with Gasteiger partial charge < -0.3 is 10.2 Å². The van der Waals surface area contributed by atoms with Crippen molar-refractivity contribution in [3.8, 4) is 0 Å². The molecule has 0 aliphatic carbocycles. The van der Waals surface area contributed by atoms with E-state index >= 15 is 0 Å². The quantitative estimate of drug-likeness (QED) is 0.641. The number of hydrogen-bond acceptors (Lipinski definition) is 4. The molecule has 3 amide bonds. The van der Waals surface area contributed by atoms with Crippen molar-refractivity contribution in [2.75, 3.05) is 17.2 Å². The van der Waals surface area contributed by atoms with E-state index in [0.29, 0.717) is 34.6 Å². The van der Waals surface area contributed by atoms with Crippen LogP contribution in [-0.2, 0) is 24.2 Å². The zero-order valence-electron chi connectivity index (χ0n) is 15.5. The Labute approximate surface area is 177 Å². The van der Waals surface area contributed by atoms with Crippen molar-refractivity contribution >= 4 is 45.7 Å². The fraction of sp³-hybridized carbons (Fsp3) is 0.190. The van der Waals surface area contributed by atoms with E-state index in [-0.39, 0.29) is 12.3 Å². The summed E-state index contributed by atoms with van der Waals surface area (Å²) < 4.78 is 0. The summed E-state index contributed by atoms with van der Waals surface area (Å²) in [5, 5.41) is 8.16. The maximum Gasteiger partial charge on any atom is 0.325 e. The summed E-state index contributed by atoms with van der Waals surface area (Å²) in [6.07, 6.45) is 1.09. The van der Waals surface area contributed by atoms with Gasteiger partial charge in [0.05, 0.1) is 12.1 Å². The number of carbonyl (C=O) groups excluding carboxylic acids is 2. The van der Waals surface area contributed by atoms with Gasteiger partial charge in [0.25, 0.3) is 0 Å². The summed E-state index contributed by atoms with van der Waals surface area (Å²) in [5.74, 6) is 0.0414. The van der Waals surface area contributed by atoms with E-state index in [0.717, 1.165) is 6.42 Å². The van der Waals surface area contributed by atoms with Crippen LogP contribution in [0, 0.1) is 0 Å². The molecule has 0 saturated carbocycles. The van der Waals surface area contributed by atoms with Crippen LogP contribution in [0.15, 0.2) is 53.9 Å². The van der Waals surface area contributed by atoms with Crippen LogP contribution >= 0.6 is 22.9 Å². The van der Waals surface area contributed by atoms with Gasteiger partial charge in [0.2, 0.25) is 5.91 Å². The lowest BCUT2D eigenvalue weighted by Gasteiger charge is -2.28. The second kappa shape index (κ2) is 8.63. The molecule has 3 aromatic rings. The Hall–Kier alpha value is -2.90. The molecule has 8 heteroatoms. The molecule has 1 aromatic heterocycles. The van der Waals surface area contributed by atoms with Crippen LogP contribution in [-0.4, -0.2) is 28.4 Å². The van der Waals surface area contributed by atoms with E-state index in [1.807, 2.05) is 17.0 Å². The number of halogens is 1. The lowest BCUT2D eigenvalue weighted by Crippen LogP contribution is -2.36. The SMILES string of the molecule is O=C(Nc1cccc(Cl)c1)Nc1nc(CC(=O)N2CCc3ccccc3C2)cs1. The number of fused-ring (bicyclic) bond motifs is 1. The third-order valence-electron chi connectivity index (χ3n) is 4.67. The molecule has 0 spiro atoms. The van der Waals surface area contributed by atoms with Crippen molar-refractivity contribution in [1.82, 2.24) is 9.88 Å². The van der Waals surface area contributed by atoms with E-state index in [4.69, 9.17) is 11.6 Å². The van der Waals surface area contributed by atoms with Gasteiger partial charge in [-0.05, 0) is 35.7 Å². The minimum Gasteiger partial charge on any atom is -0.338 e. The molecule has 0 atom stereocenters. The Bertz CT molecular complexity index is 1050. The highest BCUT2D eigenvalue weighted by Gasteiger charge is 2.21. The third-order valence-corrected chi connectivity index (χ3v) is 5.71. The predicted molar refractivity (Wildman–Crippen MR) is 115 cm³/mol. The Morgan fingerprint density at radius 1 is 1.10 bits per heavy atom. The van der Waals surface area contributed by atoms with Crippen molar-refractivity contribution in [3.63, 3.8) is 0 Å². The average Bonchev–Trinajstić information content (AvgIpc) is 3.14. The molecule has 2 heterocycles. The number of nitrogens with one attached hydrogen (secondary N) is 2. The topological polar surface area (TPSA) is 74.3 Å². The van der Waals surface area contributed by atoms with Gasteiger partial charge in [0, 0.05) is 29.2 Å². The smallest absolute Gasteiger partial charge is 0.325 e. The Morgan fingerprint density at radius 3 is 2.76 bits per heavy atom. The standard InChI is InChI=1S/C21H19ClN4O2S/c22-16-6-3-7-17(10-16)23-20(28)25-21-24-18(13-29-21)11-19(27)26-9-8-14-4-1-2-5-15(14)12-26/h1-7,10,13H,8-9,11-12H2,(H2,23,24,25,28). The maximum absolute atomic E-state index is 12.7. The summed E-state index contributed by atoms with van der Waals surface area (Å²) in [6, 6.07) is 14.7. The fourth-order valence-electron chi connectivity index (χ4n) is 3.25. The van der Waals surface area contributed by atoms with Crippen molar-refractivity contribution in [3.05, 3.63) is 75.8 Å². The number of anilines is 2. The first-order valence-electron chi connectivity index (χ1n) is 9.19. The molecule has 0 unspecified atom stereocenters. The van der Waals surface area contributed by atoms with Crippen LogP contribution in [0.3, 0.4) is 0 Å². The number of carbonyl (C=O) groups is 2. The van der Waals surface area contributed by atoms with Gasteiger partial charge in [-0.15, -0.1) is 11.3 Å². The Kier molecular flexibility index (Phi) is 5.78. The predicted octanol–water partition coefficient (Wildman–Crippen LogP) is 4.57. The van der Waals surface area contributed by atoms with Crippen LogP contribution in [0.25, 0.3) is 0 Å². The van der Waals surface area contributed by atoms with Gasteiger partial charge in [-0.1, -0.05) is 41.9 Å². The number of nitrogens with zero attached hydrogens (tertiary/aromatic N) is 2. The van der Waals surface area contributed by atoms with Crippen LogP contribution < -0.4 is 10.6 Å². The second-order valence-corrected chi connectivity index (χ2v) is 8.04. The van der Waals surface area contributed by atoms with Crippen molar-refractivity contribution < 1.29 is 9.59 Å². The summed E-state index contributed by atoms with van der Waals surface area (Å²) in [5.41, 5.74) is 3.75. The molecule has 0 fully saturated rings. The lowest BCUT2D eigenvalue weighted by atomic mass is 10.00. The minimum absolute atomic E-state index is 0.0414. The first-order valence-corrected chi connectivity index (χ1v) is 10.4. The number of amides is 3. The lowest BCUT2D eigenvalue weighted by molar-refractivity contribution is -0.131. The molecule has 6 nitrogen and oxygen atoms in total. The van der Waals surface area contributed by atoms with Gasteiger partial charge in [-0.3, -0.25) is 10.1 Å². The number of rotatable bonds is 4. The largest absolute Gasteiger partial charge is 0.338 e. The van der Waals surface area contributed by atoms with Gasteiger partial charge in [0.15, 0.2) is 5.13 Å². The molecule has 0 bridgehead atoms. The van der Waals surface area contributed by atoms with E-state index in [9.17, 15) is 9.59 Å². The summed E-state index contributed by atoms with van der Waals surface area (Å²) in [7, 11) is 0. The van der Waals surface area contributed by atoms with Gasteiger partial charge in [0.1, 0.15) is 0 Å². The first-order chi connectivity index (χ1) is 14.1. The Balaban J connectivity index is 1.32. The van der Waals surface area contributed by atoms with Crippen LogP contribution in [0.2, 0.25) is 5.02 Å². The molecule has 0 saturated heterocycles. The molecule has 0 radical (unpaired) electrons. The molecule has 148 valence electrons. The van der Waals surface area contributed by atoms with Crippen LogP contribution in [0.1, 0.15) is 16.8 Å². The zero-order chi connectivity index (χ0) is 20.2. The first kappa shape index (κ1) is 19.4. The third kappa shape index (κ3) is 4.93. The molecule has 29 heavy (non-hydrogen) atoms. The van der Waals surface area contributed by atoms with E-state index in [1.165, 1.54) is 22.5 Å². The highest BCUT2D eigenvalue weighted by molar-refractivity contribution is 7.14. The summed E-state index contributed by atoms with van der Waals surface area (Å²) >= 11 is 7.20. The van der Waals surface area contributed by atoms with Crippen LogP contribution in [0.5, 0.6) is 0 Å². The van der Waals surface area contributed by atoms with Gasteiger partial charge >= 0.3 is 6.03 Å². The number of hydrogen-bond donors (Lipinski definition) is 2. The van der Waals surface area contributed by atoms with Crippen molar-refractivity contribution in [2.45, 2.75) is 19.4 Å². The van der Waals surface area contributed by atoms with Crippen LogP contribution in [0.4, 0.5) is 15.6 Å². The fourth-order valence-corrected chi connectivity index (χ4v) is 4.14. The average molecular weight is 427 g/mol. The zero-order valence-corrected chi connectivity index (χ0v) is 17.1. The monoisotopic (exact) mass is 426 g/mol. The molecule has 4 rings (SSSR count). The number of thiazole rings is 1. The Morgan fingerprint density at radius 2 is 1.93 bits per heavy atom. The molecular weight excluding hydrogens is 408 g/mol. The number of benzene rings is 2. The highest BCUT2D eigenvalue weighted by Crippen LogP contribution is 2.21. The van der Waals surface area contributed by atoms with E-state index < -0.39 is 6.03 Å². The molecule has 2 N–H and O–H groups in total. The van der Waals surface area contributed by atoms with Crippen molar-refractivity contribution in [1.29, 1.82) is 0 Å². The highest BCUT2D eigenvalue weighted by atomic mass is 35.5. The van der Waals surface area contributed by atoms with E-state index in [1.54, 1.807) is 29.6 Å². The number of aromatic nitrogens is 1. The normalized spacial score (nSPS) is 12.9. The number of urea groups is 1. The summed E-state index contributed by atoms with van der Waals surface area (Å²) in [4.78, 5) is 31.0. The molecule has 1 aliphatic rings. The molecule has 1 aliphatic heterocycles. The van der Waals surface area contributed by atoms with Crippen molar-refractivity contribution in [2.24, 2.45) is 0 Å². The molecule has 2 aromatic carbocycles. The maximum atomic E-state index is 12.7. The molecular formula is C21H19ClN4O2S.